The van der Waals surface area contributed by atoms with Crippen molar-refractivity contribution in [2.75, 3.05) is 38.6 Å². The van der Waals surface area contributed by atoms with Gasteiger partial charge in [0, 0.05) is 31.3 Å². The predicted molar refractivity (Wildman–Crippen MR) is 155 cm³/mol. The average molecular weight is 542 g/mol. The van der Waals surface area contributed by atoms with E-state index in [1.54, 1.807) is 12.2 Å². The molecule has 10 heteroatoms. The lowest BCUT2D eigenvalue weighted by Crippen LogP contribution is -2.40. The molecule has 1 saturated heterocycles. The van der Waals surface area contributed by atoms with Gasteiger partial charge in [-0.3, -0.25) is 4.79 Å². The lowest BCUT2D eigenvalue weighted by Gasteiger charge is -2.32. The van der Waals surface area contributed by atoms with E-state index in [1.165, 1.54) is 6.33 Å². The molecule has 1 fully saturated rings. The Morgan fingerprint density at radius 3 is 2.65 bits per heavy atom. The van der Waals surface area contributed by atoms with E-state index in [4.69, 9.17) is 26.0 Å². The van der Waals surface area contributed by atoms with E-state index in [0.29, 0.717) is 55.4 Å². The van der Waals surface area contributed by atoms with Gasteiger partial charge in [0.1, 0.15) is 29.3 Å². The highest BCUT2D eigenvalue weighted by Crippen LogP contribution is 2.34. The van der Waals surface area contributed by atoms with Gasteiger partial charge >= 0.3 is 0 Å². The van der Waals surface area contributed by atoms with E-state index < -0.39 is 0 Å². The Labute approximate surface area is 233 Å². The summed E-state index contributed by atoms with van der Waals surface area (Å²) in [5.41, 5.74) is 14.1. The van der Waals surface area contributed by atoms with Crippen molar-refractivity contribution in [3.63, 3.8) is 0 Å². The van der Waals surface area contributed by atoms with E-state index in [2.05, 4.69) is 9.97 Å². The highest BCUT2D eigenvalue weighted by molar-refractivity contribution is 5.98. The van der Waals surface area contributed by atoms with Crippen molar-refractivity contribution in [3.8, 4) is 22.8 Å². The normalized spacial score (nSPS) is 15.6. The number of amides is 1. The Hall–Kier alpha value is -4.28. The number of carbonyl (C=O) groups is 1. The van der Waals surface area contributed by atoms with Gasteiger partial charge < -0.3 is 25.8 Å². The molecule has 0 unspecified atom stereocenters. The van der Waals surface area contributed by atoms with Crippen LogP contribution in [0.2, 0.25) is 0 Å². The number of para-hydroxylation sites is 1. The molecule has 4 N–H and O–H groups in total. The maximum atomic E-state index is 12.9. The van der Waals surface area contributed by atoms with Gasteiger partial charge in [-0.15, -0.1) is 0 Å². The molecule has 1 aliphatic heterocycles. The summed E-state index contributed by atoms with van der Waals surface area (Å²) in [5, 5.41) is 5.67. The molecule has 0 spiro atoms. The Morgan fingerprint density at radius 2 is 1.85 bits per heavy atom. The van der Waals surface area contributed by atoms with Crippen molar-refractivity contribution in [1.29, 1.82) is 0 Å². The fraction of sp³-hybridized carbons (Fsp3) is 0.333. The van der Waals surface area contributed by atoms with E-state index >= 15 is 0 Å². The van der Waals surface area contributed by atoms with Crippen LogP contribution in [0.5, 0.6) is 11.5 Å². The third-order valence-electron chi connectivity index (χ3n) is 6.90. The van der Waals surface area contributed by atoms with Crippen LogP contribution in [0.1, 0.15) is 31.7 Å². The van der Waals surface area contributed by atoms with Crippen molar-refractivity contribution in [2.24, 2.45) is 5.73 Å². The van der Waals surface area contributed by atoms with Crippen molar-refractivity contribution >= 4 is 22.8 Å². The van der Waals surface area contributed by atoms with Gasteiger partial charge in [-0.2, -0.15) is 5.10 Å². The van der Waals surface area contributed by atoms with Crippen LogP contribution >= 0.6 is 0 Å². The standard InChI is InChI=1S/C30H35N7O3/c31-16-4-5-18-39-19-7-11-26(38)36-17-6-8-23(20-36)37-30-27(29(32)33-21-34-30)28(35-37)22-12-14-25(15-13-22)40-24-9-2-1-3-10-24/h1-3,7,9-15,21,23H,4-6,8,16-20,31H2,(H2,32,33,34)/b11-7+/t23-/m1/s1. The van der Waals surface area contributed by atoms with Crippen LogP contribution in [0.25, 0.3) is 22.3 Å². The summed E-state index contributed by atoms with van der Waals surface area (Å²) >= 11 is 0. The number of hydrogen-bond donors (Lipinski definition) is 2. The first kappa shape index (κ1) is 27.3. The highest BCUT2D eigenvalue weighted by Gasteiger charge is 2.28. The fourth-order valence-corrected chi connectivity index (χ4v) is 4.87. The summed E-state index contributed by atoms with van der Waals surface area (Å²) in [6.45, 7) is 2.94. The zero-order valence-electron chi connectivity index (χ0n) is 22.5. The minimum atomic E-state index is -0.0372. The molecular formula is C30H35N7O3. The van der Waals surface area contributed by atoms with E-state index in [1.807, 2.05) is 64.2 Å². The summed E-state index contributed by atoms with van der Waals surface area (Å²) in [7, 11) is 0. The lowest BCUT2D eigenvalue weighted by atomic mass is 10.1. The molecule has 2 aromatic heterocycles. The molecule has 5 rings (SSSR count). The van der Waals surface area contributed by atoms with Gasteiger partial charge in [-0.05, 0) is 68.6 Å². The molecule has 208 valence electrons. The smallest absolute Gasteiger partial charge is 0.246 e. The molecule has 3 heterocycles. The van der Waals surface area contributed by atoms with Crippen LogP contribution in [0.4, 0.5) is 5.82 Å². The van der Waals surface area contributed by atoms with Gasteiger partial charge in [0.15, 0.2) is 5.65 Å². The Bertz CT molecular complexity index is 1440. The Kier molecular flexibility index (Phi) is 9.00. The Morgan fingerprint density at radius 1 is 1.05 bits per heavy atom. The first-order valence-electron chi connectivity index (χ1n) is 13.7. The number of carbonyl (C=O) groups excluding carboxylic acids is 1. The summed E-state index contributed by atoms with van der Waals surface area (Å²) in [6, 6.07) is 17.3. The minimum Gasteiger partial charge on any atom is -0.457 e. The molecule has 10 nitrogen and oxygen atoms in total. The molecule has 1 aliphatic rings. The van der Waals surface area contributed by atoms with Crippen molar-refractivity contribution < 1.29 is 14.3 Å². The summed E-state index contributed by atoms with van der Waals surface area (Å²) < 4.78 is 13.4. The van der Waals surface area contributed by atoms with Crippen molar-refractivity contribution in [1.82, 2.24) is 24.6 Å². The zero-order valence-corrected chi connectivity index (χ0v) is 22.5. The number of benzene rings is 2. The lowest BCUT2D eigenvalue weighted by molar-refractivity contribution is -0.127. The summed E-state index contributed by atoms with van der Waals surface area (Å²) in [6.07, 6.45) is 8.42. The second-order valence-corrected chi connectivity index (χ2v) is 9.74. The topological polar surface area (TPSA) is 134 Å². The highest BCUT2D eigenvalue weighted by atomic mass is 16.5. The molecule has 1 amide bonds. The second-order valence-electron chi connectivity index (χ2n) is 9.74. The number of anilines is 1. The van der Waals surface area contributed by atoms with Crippen molar-refractivity contribution in [2.45, 2.75) is 31.7 Å². The first-order chi connectivity index (χ1) is 19.6. The number of nitrogen functional groups attached to an aromatic ring is 1. The van der Waals surface area contributed by atoms with Gasteiger partial charge in [0.2, 0.25) is 5.91 Å². The monoisotopic (exact) mass is 541 g/mol. The quantitative estimate of drug-likeness (QED) is 0.211. The first-order valence-corrected chi connectivity index (χ1v) is 13.7. The maximum Gasteiger partial charge on any atom is 0.246 e. The number of fused-ring (bicyclic) bond motifs is 1. The number of hydrogen-bond acceptors (Lipinski definition) is 8. The molecular weight excluding hydrogens is 506 g/mol. The molecule has 0 saturated carbocycles. The molecule has 0 radical (unpaired) electrons. The fourth-order valence-electron chi connectivity index (χ4n) is 4.87. The van der Waals surface area contributed by atoms with Crippen LogP contribution in [-0.4, -0.2) is 63.4 Å². The van der Waals surface area contributed by atoms with Gasteiger partial charge in [-0.25, -0.2) is 14.6 Å². The number of rotatable bonds is 11. The van der Waals surface area contributed by atoms with Crippen LogP contribution in [0.15, 0.2) is 73.1 Å². The molecule has 0 bridgehead atoms. The van der Waals surface area contributed by atoms with Gasteiger partial charge in [0.25, 0.3) is 0 Å². The van der Waals surface area contributed by atoms with Gasteiger partial charge in [0.05, 0.1) is 18.0 Å². The number of nitrogens with zero attached hydrogens (tertiary/aromatic N) is 5. The summed E-state index contributed by atoms with van der Waals surface area (Å²) in [5.74, 6) is 1.83. The minimum absolute atomic E-state index is 0.0323. The number of piperidine rings is 1. The summed E-state index contributed by atoms with van der Waals surface area (Å²) in [4.78, 5) is 23.5. The number of unbranched alkanes of at least 4 members (excludes halogenated alkanes) is 1. The predicted octanol–water partition coefficient (Wildman–Crippen LogP) is 4.34. The number of ether oxygens (including phenoxy) is 2. The van der Waals surface area contributed by atoms with Crippen LogP contribution in [0.3, 0.4) is 0 Å². The largest absolute Gasteiger partial charge is 0.457 e. The third-order valence-corrected chi connectivity index (χ3v) is 6.90. The van der Waals surface area contributed by atoms with Crippen LogP contribution in [0, 0.1) is 0 Å². The average Bonchev–Trinajstić information content (AvgIpc) is 3.39. The molecule has 0 aliphatic carbocycles. The van der Waals surface area contributed by atoms with Crippen LogP contribution < -0.4 is 16.2 Å². The number of likely N-dealkylation sites (tertiary alicyclic amines) is 1. The molecule has 40 heavy (non-hydrogen) atoms. The van der Waals surface area contributed by atoms with E-state index in [-0.39, 0.29) is 11.9 Å². The van der Waals surface area contributed by atoms with Crippen LogP contribution in [-0.2, 0) is 9.53 Å². The van der Waals surface area contributed by atoms with Crippen molar-refractivity contribution in [3.05, 3.63) is 73.1 Å². The molecule has 4 aromatic rings. The molecule has 2 aromatic carbocycles. The second kappa shape index (κ2) is 13.2. The number of aromatic nitrogens is 4. The SMILES string of the molecule is NCCCCOC/C=C/C(=O)N1CCC[C@@H](n2nc(-c3ccc(Oc4ccccc4)cc3)c3c(N)ncnc32)C1. The maximum absolute atomic E-state index is 12.9. The molecule has 1 atom stereocenters. The third kappa shape index (κ3) is 6.47. The zero-order chi connectivity index (χ0) is 27.7. The Balaban J connectivity index is 1.32. The number of nitrogens with two attached hydrogens (primary N) is 2. The van der Waals surface area contributed by atoms with Gasteiger partial charge in [-0.1, -0.05) is 24.3 Å². The van der Waals surface area contributed by atoms with E-state index in [9.17, 15) is 4.79 Å². The van der Waals surface area contributed by atoms with E-state index in [0.717, 1.165) is 42.7 Å².